The van der Waals surface area contributed by atoms with Gasteiger partial charge in [-0.25, -0.2) is 9.46 Å². The SMILES string of the molecule is COc1ccc(C(OC[C@@H]2C[C@@H](OP(OCCC#N)N(C(C)C)C(C)C)CN2C(=O)C(CC(C)C)NC(=O)[C@@H]2CCCN2C(=O)O)(c2ccccc2)c2ccc(OC)cc2)cc1. The summed E-state index contributed by atoms with van der Waals surface area (Å²) in [6, 6.07) is 25.4. The van der Waals surface area contributed by atoms with Crippen molar-refractivity contribution >= 4 is 26.4 Å². The highest BCUT2D eigenvalue weighted by atomic mass is 31.2. The highest BCUT2D eigenvalue weighted by molar-refractivity contribution is 7.44. The minimum absolute atomic E-state index is 0.0237. The maximum atomic E-state index is 15.1. The number of carbonyl (C=O) groups is 3. The quantitative estimate of drug-likeness (QED) is 0.0607. The van der Waals surface area contributed by atoms with Crippen molar-refractivity contribution < 1.29 is 42.7 Å². The van der Waals surface area contributed by atoms with Gasteiger partial charge in [0.05, 0.1) is 52.1 Å². The standard InChI is InChI=1S/C47H64N5O9P/c1-32(2)28-42(49-44(53)43-16-12-26-50(43)46(55)56)45(54)51-30-41(61-62(60-27-13-25-48)52(33(3)4)34(5)6)29-38(51)31-59-47(35-14-10-9-11-15-35,36-17-21-39(57-7)22-18-36)37-19-23-40(58-8)24-20-37/h9-11,14-15,17-24,32-34,38,41-43H,12-13,16,26-31H2,1-8H3,(H,49,53)(H,55,56)/t38-,41+,42?,43-,62?/m0/s1. The molecule has 15 heteroatoms. The molecule has 0 aromatic heterocycles. The lowest BCUT2D eigenvalue weighted by molar-refractivity contribution is -0.140. The predicted molar refractivity (Wildman–Crippen MR) is 238 cm³/mol. The van der Waals surface area contributed by atoms with Crippen molar-refractivity contribution in [1.82, 2.24) is 19.8 Å². The number of amides is 3. The topological polar surface area (TPSA) is 163 Å². The number of likely N-dealkylation sites (tertiary alicyclic amines) is 2. The molecule has 0 bridgehead atoms. The average Bonchev–Trinajstić information content (AvgIpc) is 3.92. The van der Waals surface area contributed by atoms with Gasteiger partial charge >= 0.3 is 6.09 Å². The van der Waals surface area contributed by atoms with Crippen LogP contribution in [0.15, 0.2) is 78.9 Å². The van der Waals surface area contributed by atoms with Crippen LogP contribution in [0.5, 0.6) is 11.5 Å². The van der Waals surface area contributed by atoms with Gasteiger partial charge in [-0.2, -0.15) is 5.26 Å². The average molecular weight is 874 g/mol. The first-order valence-electron chi connectivity index (χ1n) is 21.6. The number of rotatable bonds is 21. The van der Waals surface area contributed by atoms with Gasteiger partial charge in [0.15, 0.2) is 0 Å². The van der Waals surface area contributed by atoms with E-state index in [1.807, 2.05) is 92.7 Å². The van der Waals surface area contributed by atoms with Crippen LogP contribution < -0.4 is 14.8 Å². The number of benzene rings is 3. The molecule has 336 valence electrons. The fourth-order valence-corrected chi connectivity index (χ4v) is 10.2. The highest BCUT2D eigenvalue weighted by Crippen LogP contribution is 2.49. The molecule has 0 aliphatic carbocycles. The van der Waals surface area contributed by atoms with Gasteiger partial charge in [-0.1, -0.05) is 68.4 Å². The van der Waals surface area contributed by atoms with Crippen LogP contribution in [0.25, 0.3) is 0 Å². The summed E-state index contributed by atoms with van der Waals surface area (Å²) in [4.78, 5) is 43.8. The molecule has 3 aromatic carbocycles. The number of carbonyl (C=O) groups excluding carboxylic acids is 2. The molecule has 2 aliphatic rings. The molecule has 2 saturated heterocycles. The van der Waals surface area contributed by atoms with Crippen LogP contribution in [-0.2, 0) is 29.0 Å². The monoisotopic (exact) mass is 873 g/mol. The summed E-state index contributed by atoms with van der Waals surface area (Å²) in [5.74, 6) is 0.613. The van der Waals surface area contributed by atoms with Gasteiger partial charge < -0.3 is 38.6 Å². The molecular weight excluding hydrogens is 810 g/mol. The zero-order valence-electron chi connectivity index (χ0n) is 37.4. The van der Waals surface area contributed by atoms with Crippen molar-refractivity contribution in [2.45, 2.75) is 116 Å². The Morgan fingerprint density at radius 3 is 1.98 bits per heavy atom. The lowest BCUT2D eigenvalue weighted by Gasteiger charge is -2.38. The molecular formula is C47H64N5O9P. The van der Waals surface area contributed by atoms with E-state index in [0.29, 0.717) is 37.2 Å². The largest absolute Gasteiger partial charge is 0.497 e. The lowest BCUT2D eigenvalue weighted by atomic mass is 9.80. The van der Waals surface area contributed by atoms with Crippen molar-refractivity contribution in [3.05, 3.63) is 95.6 Å². The van der Waals surface area contributed by atoms with Crippen molar-refractivity contribution in [3.8, 4) is 17.6 Å². The molecule has 5 rings (SSSR count). The normalized spacial score (nSPS) is 18.9. The maximum absolute atomic E-state index is 15.1. The minimum Gasteiger partial charge on any atom is -0.497 e. The summed E-state index contributed by atoms with van der Waals surface area (Å²) in [5, 5.41) is 22.2. The van der Waals surface area contributed by atoms with Crippen molar-refractivity contribution in [1.29, 1.82) is 5.26 Å². The van der Waals surface area contributed by atoms with Crippen LogP contribution in [0.2, 0.25) is 0 Å². The smallest absolute Gasteiger partial charge is 0.407 e. The van der Waals surface area contributed by atoms with E-state index < -0.39 is 50.4 Å². The van der Waals surface area contributed by atoms with E-state index in [0.717, 1.165) is 21.6 Å². The number of nitrogens with zero attached hydrogens (tertiary/aromatic N) is 4. The molecule has 62 heavy (non-hydrogen) atoms. The van der Waals surface area contributed by atoms with E-state index in [2.05, 4.69) is 43.8 Å². The van der Waals surface area contributed by atoms with E-state index in [1.54, 1.807) is 19.1 Å². The maximum Gasteiger partial charge on any atom is 0.407 e. The van der Waals surface area contributed by atoms with E-state index in [1.165, 1.54) is 0 Å². The third kappa shape index (κ3) is 11.6. The molecule has 2 N–H and O–H groups in total. The Morgan fingerprint density at radius 2 is 1.47 bits per heavy atom. The predicted octanol–water partition coefficient (Wildman–Crippen LogP) is 7.95. The molecule has 0 radical (unpaired) electrons. The Kier molecular flexibility index (Phi) is 17.5. The van der Waals surface area contributed by atoms with E-state index >= 15 is 4.79 Å². The number of hydrogen-bond acceptors (Lipinski definition) is 10. The number of nitrogens with one attached hydrogen (secondary N) is 1. The second kappa shape index (κ2) is 22.5. The molecule has 2 heterocycles. The number of methoxy groups -OCH3 is 2. The zero-order chi connectivity index (χ0) is 45.0. The third-order valence-electron chi connectivity index (χ3n) is 11.3. The van der Waals surface area contributed by atoms with Crippen LogP contribution in [0.4, 0.5) is 4.79 Å². The number of carboxylic acid groups (broad SMARTS) is 1. The molecule has 3 amide bonds. The number of ether oxygens (including phenoxy) is 3. The van der Waals surface area contributed by atoms with Gasteiger partial charge in [-0.05, 0) is 100 Å². The van der Waals surface area contributed by atoms with Gasteiger partial charge in [0, 0.05) is 25.2 Å². The van der Waals surface area contributed by atoms with Gasteiger partial charge in [-0.3, -0.25) is 14.5 Å². The molecule has 14 nitrogen and oxygen atoms in total. The molecule has 0 spiro atoms. The molecule has 2 aliphatic heterocycles. The van der Waals surface area contributed by atoms with Crippen molar-refractivity contribution in [2.75, 3.05) is 40.5 Å². The van der Waals surface area contributed by atoms with Gasteiger partial charge in [0.2, 0.25) is 11.8 Å². The van der Waals surface area contributed by atoms with E-state index in [4.69, 9.17) is 23.3 Å². The van der Waals surface area contributed by atoms with Crippen LogP contribution in [0, 0.1) is 17.2 Å². The van der Waals surface area contributed by atoms with E-state index in [-0.39, 0.29) is 56.6 Å². The Hall–Kier alpha value is -4.77. The number of hydrogen-bond donors (Lipinski definition) is 2. The Labute approximate surface area is 368 Å². The first-order valence-corrected chi connectivity index (χ1v) is 22.7. The third-order valence-corrected chi connectivity index (χ3v) is 13.5. The van der Waals surface area contributed by atoms with Crippen LogP contribution >= 0.6 is 8.53 Å². The highest BCUT2D eigenvalue weighted by Gasteiger charge is 2.46. The second-order valence-electron chi connectivity index (χ2n) is 16.8. The summed E-state index contributed by atoms with van der Waals surface area (Å²) in [7, 11) is 1.60. The Bertz CT molecular complexity index is 1890. The molecule has 0 saturated carbocycles. The molecule has 2 unspecified atom stereocenters. The summed E-state index contributed by atoms with van der Waals surface area (Å²) >= 11 is 0. The van der Waals surface area contributed by atoms with Gasteiger partial charge in [0.25, 0.3) is 8.53 Å². The Balaban J connectivity index is 1.57. The van der Waals surface area contributed by atoms with Crippen molar-refractivity contribution in [3.63, 3.8) is 0 Å². The Morgan fingerprint density at radius 1 is 0.887 bits per heavy atom. The fourth-order valence-electron chi connectivity index (χ4n) is 8.52. The summed E-state index contributed by atoms with van der Waals surface area (Å²) < 4.78 is 33.8. The van der Waals surface area contributed by atoms with Crippen LogP contribution in [0.3, 0.4) is 0 Å². The van der Waals surface area contributed by atoms with Crippen molar-refractivity contribution in [2.24, 2.45) is 5.92 Å². The molecule has 3 aromatic rings. The van der Waals surface area contributed by atoms with E-state index in [9.17, 15) is 20.0 Å². The summed E-state index contributed by atoms with van der Waals surface area (Å²) in [6.45, 7) is 13.0. The van der Waals surface area contributed by atoms with Gasteiger partial charge in [-0.15, -0.1) is 0 Å². The van der Waals surface area contributed by atoms with Gasteiger partial charge in [0.1, 0.15) is 29.2 Å². The summed E-state index contributed by atoms with van der Waals surface area (Å²) in [6.07, 6.45) is 0.231. The molecule has 5 atom stereocenters. The van der Waals surface area contributed by atoms with Crippen LogP contribution in [0.1, 0.15) is 90.3 Å². The fraction of sp³-hybridized carbons (Fsp3) is 0.532. The first kappa shape index (κ1) is 48.3. The number of nitriles is 1. The minimum atomic E-state index is -1.64. The van der Waals surface area contributed by atoms with Crippen LogP contribution in [-0.4, -0.2) is 114 Å². The second-order valence-corrected chi connectivity index (χ2v) is 18.2. The lowest BCUT2D eigenvalue weighted by Crippen LogP contribution is -2.55. The first-order chi connectivity index (χ1) is 29.7. The zero-order valence-corrected chi connectivity index (χ0v) is 38.3. The summed E-state index contributed by atoms with van der Waals surface area (Å²) in [5.41, 5.74) is 1.37. The molecule has 2 fully saturated rings.